The predicted octanol–water partition coefficient (Wildman–Crippen LogP) is 1.69. The van der Waals surface area contributed by atoms with Crippen LogP contribution in [0.5, 0.6) is 0 Å². The lowest BCUT2D eigenvalue weighted by atomic mass is 10.0. The first kappa shape index (κ1) is 16.3. The van der Waals surface area contributed by atoms with Crippen LogP contribution in [0.4, 0.5) is 5.69 Å². The van der Waals surface area contributed by atoms with Gasteiger partial charge in [-0.05, 0) is 51.5 Å². The number of hydrogen-bond acceptors (Lipinski definition) is 4. The Balaban J connectivity index is 2.04. The second-order valence-corrected chi connectivity index (χ2v) is 6.24. The number of hydrogen-bond donors (Lipinski definition) is 2. The summed E-state index contributed by atoms with van der Waals surface area (Å²) in [4.78, 5) is 4.84. The molecule has 21 heavy (non-hydrogen) atoms. The molecule has 1 fully saturated rings. The van der Waals surface area contributed by atoms with Crippen LogP contribution in [0.1, 0.15) is 25.3 Å². The summed E-state index contributed by atoms with van der Waals surface area (Å²) in [5, 5.41) is 12.5. The molecule has 0 aliphatic carbocycles. The van der Waals surface area contributed by atoms with Gasteiger partial charge in [0, 0.05) is 31.4 Å². The van der Waals surface area contributed by atoms with Crippen LogP contribution < -0.4 is 10.2 Å². The largest absolute Gasteiger partial charge is 0.395 e. The number of para-hydroxylation sites is 1. The van der Waals surface area contributed by atoms with Crippen molar-refractivity contribution in [3.8, 4) is 0 Å². The molecule has 1 atom stereocenters. The normalized spacial score (nSPS) is 18.7. The number of likely N-dealkylation sites (tertiary alicyclic amines) is 1. The molecule has 0 aromatic heterocycles. The van der Waals surface area contributed by atoms with Gasteiger partial charge in [0.15, 0.2) is 0 Å². The van der Waals surface area contributed by atoms with E-state index in [2.05, 4.69) is 53.5 Å². The number of anilines is 1. The number of rotatable bonds is 6. The topological polar surface area (TPSA) is 38.7 Å². The van der Waals surface area contributed by atoms with Crippen LogP contribution in [0.2, 0.25) is 0 Å². The zero-order valence-electron chi connectivity index (χ0n) is 13.5. The van der Waals surface area contributed by atoms with Gasteiger partial charge in [0.1, 0.15) is 0 Å². The Bertz CT molecular complexity index is 430. The molecule has 0 spiro atoms. The predicted molar refractivity (Wildman–Crippen MR) is 88.8 cm³/mol. The third-order valence-corrected chi connectivity index (χ3v) is 4.52. The highest BCUT2D eigenvalue weighted by molar-refractivity contribution is 5.54. The Kier molecular flexibility index (Phi) is 6.03. The second kappa shape index (κ2) is 7.78. The first-order chi connectivity index (χ1) is 10.1. The van der Waals surface area contributed by atoms with E-state index in [0.717, 1.165) is 6.54 Å². The van der Waals surface area contributed by atoms with Crippen molar-refractivity contribution in [2.45, 2.75) is 38.4 Å². The Morgan fingerprint density at radius 2 is 2.00 bits per heavy atom. The third kappa shape index (κ3) is 4.43. The molecule has 0 unspecified atom stereocenters. The van der Waals surface area contributed by atoms with Crippen molar-refractivity contribution in [1.29, 1.82) is 0 Å². The van der Waals surface area contributed by atoms with Gasteiger partial charge in [0.25, 0.3) is 0 Å². The van der Waals surface area contributed by atoms with Crippen molar-refractivity contribution in [3.05, 3.63) is 29.8 Å². The van der Waals surface area contributed by atoms with Crippen LogP contribution in [0.15, 0.2) is 24.3 Å². The molecule has 1 aliphatic rings. The first-order valence-electron chi connectivity index (χ1n) is 7.95. The van der Waals surface area contributed by atoms with Crippen molar-refractivity contribution in [1.82, 2.24) is 10.2 Å². The maximum absolute atomic E-state index is 9.14. The zero-order chi connectivity index (χ0) is 15.2. The van der Waals surface area contributed by atoms with Crippen LogP contribution in [-0.2, 0) is 6.54 Å². The smallest absolute Gasteiger partial charge is 0.0582 e. The van der Waals surface area contributed by atoms with Gasteiger partial charge in [-0.25, -0.2) is 0 Å². The van der Waals surface area contributed by atoms with Crippen LogP contribution in [0, 0.1) is 0 Å². The average molecular weight is 291 g/mol. The number of piperidine rings is 1. The zero-order valence-corrected chi connectivity index (χ0v) is 13.5. The summed E-state index contributed by atoms with van der Waals surface area (Å²) in [5.74, 6) is 0. The summed E-state index contributed by atoms with van der Waals surface area (Å²) in [6, 6.07) is 9.34. The summed E-state index contributed by atoms with van der Waals surface area (Å²) in [7, 11) is 4.41. The van der Waals surface area contributed by atoms with Gasteiger partial charge >= 0.3 is 0 Å². The lowest BCUT2D eigenvalue weighted by Gasteiger charge is -2.37. The molecular formula is C17H29N3O. The fourth-order valence-electron chi connectivity index (χ4n) is 2.93. The minimum atomic E-state index is 0.131. The summed E-state index contributed by atoms with van der Waals surface area (Å²) in [6.45, 7) is 5.33. The molecule has 1 aromatic rings. The molecule has 1 aliphatic heterocycles. The molecule has 1 saturated heterocycles. The van der Waals surface area contributed by atoms with Gasteiger partial charge in [-0.1, -0.05) is 18.2 Å². The van der Waals surface area contributed by atoms with E-state index in [1.54, 1.807) is 0 Å². The Hall–Kier alpha value is -1.10. The quantitative estimate of drug-likeness (QED) is 0.836. The molecule has 2 N–H and O–H groups in total. The average Bonchev–Trinajstić information content (AvgIpc) is 2.53. The SMILES string of the molecule is C[C@H](CO)NCc1ccccc1N(C)C1CCN(C)CC1. The minimum Gasteiger partial charge on any atom is -0.395 e. The van der Waals surface area contributed by atoms with Crippen LogP contribution in [0.25, 0.3) is 0 Å². The standard InChI is InChI=1S/C17H29N3O/c1-14(13-21)18-12-15-6-4-5-7-17(15)20(3)16-8-10-19(2)11-9-16/h4-7,14,16,18,21H,8-13H2,1-3H3/t14-/m1/s1. The van der Waals surface area contributed by atoms with E-state index >= 15 is 0 Å². The van der Waals surface area contributed by atoms with Crippen LogP contribution >= 0.6 is 0 Å². The van der Waals surface area contributed by atoms with E-state index in [9.17, 15) is 0 Å². The number of benzene rings is 1. The molecule has 1 heterocycles. The number of nitrogens with zero attached hydrogens (tertiary/aromatic N) is 2. The second-order valence-electron chi connectivity index (χ2n) is 6.24. The van der Waals surface area contributed by atoms with E-state index in [1.807, 2.05) is 6.92 Å². The molecule has 0 amide bonds. The fourth-order valence-corrected chi connectivity index (χ4v) is 2.93. The molecule has 0 bridgehead atoms. The maximum atomic E-state index is 9.14. The highest BCUT2D eigenvalue weighted by atomic mass is 16.3. The lowest BCUT2D eigenvalue weighted by Crippen LogP contribution is -2.42. The summed E-state index contributed by atoms with van der Waals surface area (Å²) in [5.41, 5.74) is 2.61. The Morgan fingerprint density at radius 3 is 2.67 bits per heavy atom. The van der Waals surface area contributed by atoms with Crippen molar-refractivity contribution >= 4 is 5.69 Å². The first-order valence-corrected chi connectivity index (χ1v) is 7.95. The number of aliphatic hydroxyl groups excluding tert-OH is 1. The highest BCUT2D eigenvalue weighted by Crippen LogP contribution is 2.25. The van der Waals surface area contributed by atoms with Gasteiger partial charge in [-0.3, -0.25) is 0 Å². The highest BCUT2D eigenvalue weighted by Gasteiger charge is 2.22. The van der Waals surface area contributed by atoms with Gasteiger partial charge in [-0.15, -0.1) is 0 Å². The molecule has 1 aromatic carbocycles. The molecular weight excluding hydrogens is 262 g/mol. The van der Waals surface area contributed by atoms with Gasteiger partial charge in [-0.2, -0.15) is 0 Å². The summed E-state index contributed by atoms with van der Waals surface area (Å²) >= 11 is 0. The van der Waals surface area contributed by atoms with E-state index < -0.39 is 0 Å². The van der Waals surface area contributed by atoms with E-state index in [4.69, 9.17) is 5.11 Å². The van der Waals surface area contributed by atoms with Crippen LogP contribution in [-0.4, -0.2) is 55.9 Å². The minimum absolute atomic E-state index is 0.131. The van der Waals surface area contributed by atoms with E-state index in [1.165, 1.54) is 37.2 Å². The third-order valence-electron chi connectivity index (χ3n) is 4.52. The molecule has 2 rings (SSSR count). The van der Waals surface area contributed by atoms with Crippen molar-refractivity contribution in [2.75, 3.05) is 38.7 Å². The molecule has 4 nitrogen and oxygen atoms in total. The maximum Gasteiger partial charge on any atom is 0.0582 e. The summed E-state index contributed by atoms with van der Waals surface area (Å²) < 4.78 is 0. The van der Waals surface area contributed by atoms with Crippen LogP contribution in [0.3, 0.4) is 0 Å². The van der Waals surface area contributed by atoms with Gasteiger partial charge in [0.2, 0.25) is 0 Å². The number of nitrogens with one attached hydrogen (secondary N) is 1. The molecule has 118 valence electrons. The van der Waals surface area contributed by atoms with E-state index in [-0.39, 0.29) is 12.6 Å². The van der Waals surface area contributed by atoms with Gasteiger partial charge < -0.3 is 20.2 Å². The van der Waals surface area contributed by atoms with Crippen molar-refractivity contribution in [2.24, 2.45) is 0 Å². The fraction of sp³-hybridized carbons (Fsp3) is 0.647. The van der Waals surface area contributed by atoms with Gasteiger partial charge in [0.05, 0.1) is 6.61 Å². The molecule has 4 heteroatoms. The number of aliphatic hydroxyl groups is 1. The molecule has 0 radical (unpaired) electrons. The van der Waals surface area contributed by atoms with E-state index in [0.29, 0.717) is 6.04 Å². The van der Waals surface area contributed by atoms with Crippen molar-refractivity contribution < 1.29 is 5.11 Å². The molecule has 0 saturated carbocycles. The Morgan fingerprint density at radius 1 is 1.33 bits per heavy atom. The Labute approximate surface area is 128 Å². The van der Waals surface area contributed by atoms with Crippen molar-refractivity contribution in [3.63, 3.8) is 0 Å². The summed E-state index contributed by atoms with van der Waals surface area (Å²) in [6.07, 6.45) is 2.45. The lowest BCUT2D eigenvalue weighted by molar-refractivity contribution is 0.250. The monoisotopic (exact) mass is 291 g/mol.